The number of hydrogen-bond donors (Lipinski definition) is 2. The summed E-state index contributed by atoms with van der Waals surface area (Å²) in [5.41, 5.74) is 1.25. The van der Waals surface area contributed by atoms with Gasteiger partial charge in [-0.15, -0.1) is 0 Å². The fourth-order valence-electron chi connectivity index (χ4n) is 2.95. The smallest absolute Gasteiger partial charge is 0.335 e. The molecule has 2 N–H and O–H groups in total. The number of piperidine rings is 1. The molecule has 2 amide bonds. The number of likely N-dealkylation sites (tertiary alicyclic amines) is 1. The number of benzene rings is 1. The molecule has 0 radical (unpaired) electrons. The van der Waals surface area contributed by atoms with Crippen molar-refractivity contribution in [2.45, 2.75) is 33.1 Å². The van der Waals surface area contributed by atoms with Crippen LogP contribution >= 0.6 is 0 Å². The molecule has 0 aliphatic carbocycles. The Morgan fingerprint density at radius 1 is 1.17 bits per heavy atom. The molecule has 1 aliphatic rings. The van der Waals surface area contributed by atoms with E-state index in [9.17, 15) is 14.4 Å². The molecule has 1 saturated heterocycles. The van der Waals surface area contributed by atoms with Gasteiger partial charge in [0.25, 0.3) is 5.91 Å². The van der Waals surface area contributed by atoms with Gasteiger partial charge in [-0.25, -0.2) is 4.79 Å². The number of aromatic carboxylic acids is 1. The number of carboxylic acids is 1. The monoisotopic (exact) mass is 332 g/mol. The molecule has 24 heavy (non-hydrogen) atoms. The molecule has 1 aliphatic heterocycles. The predicted molar refractivity (Wildman–Crippen MR) is 90.1 cm³/mol. The third kappa shape index (κ3) is 4.34. The second-order valence-corrected chi connectivity index (χ2v) is 6.25. The van der Waals surface area contributed by atoms with Crippen molar-refractivity contribution in [3.05, 3.63) is 34.9 Å². The Kier molecular flexibility index (Phi) is 5.95. The lowest BCUT2D eigenvalue weighted by atomic mass is 9.95. The van der Waals surface area contributed by atoms with Crippen molar-refractivity contribution in [1.82, 2.24) is 10.2 Å². The number of hydrogen-bond acceptors (Lipinski definition) is 3. The molecule has 130 valence electrons. The third-order valence-corrected chi connectivity index (χ3v) is 4.27. The second kappa shape index (κ2) is 7.95. The van der Waals surface area contributed by atoms with Gasteiger partial charge in [0.1, 0.15) is 0 Å². The zero-order chi connectivity index (χ0) is 17.7. The van der Waals surface area contributed by atoms with E-state index in [1.165, 1.54) is 6.07 Å². The third-order valence-electron chi connectivity index (χ3n) is 4.27. The summed E-state index contributed by atoms with van der Waals surface area (Å²) in [6, 6.07) is 4.66. The Labute approximate surface area is 141 Å². The van der Waals surface area contributed by atoms with E-state index in [4.69, 9.17) is 5.11 Å². The fourth-order valence-corrected chi connectivity index (χ4v) is 2.95. The Hall–Kier alpha value is -2.37. The van der Waals surface area contributed by atoms with Crippen molar-refractivity contribution in [2.75, 3.05) is 19.6 Å². The molecule has 0 atom stereocenters. The van der Waals surface area contributed by atoms with Crippen LogP contribution in [0.25, 0.3) is 0 Å². The molecule has 1 aromatic rings. The first-order valence-electron chi connectivity index (χ1n) is 8.34. The van der Waals surface area contributed by atoms with E-state index < -0.39 is 5.97 Å². The minimum atomic E-state index is -1.04. The van der Waals surface area contributed by atoms with Gasteiger partial charge in [-0.1, -0.05) is 6.92 Å². The summed E-state index contributed by atoms with van der Waals surface area (Å²) in [7, 11) is 0. The van der Waals surface area contributed by atoms with Crippen molar-refractivity contribution in [2.24, 2.45) is 5.92 Å². The van der Waals surface area contributed by atoms with Gasteiger partial charge in [0.2, 0.25) is 5.91 Å². The summed E-state index contributed by atoms with van der Waals surface area (Å²) < 4.78 is 0. The highest BCUT2D eigenvalue weighted by Gasteiger charge is 2.28. The molecule has 0 aromatic heterocycles. The molecule has 1 aromatic carbocycles. The van der Waals surface area contributed by atoms with Crippen molar-refractivity contribution >= 4 is 17.8 Å². The van der Waals surface area contributed by atoms with Crippen molar-refractivity contribution in [3.63, 3.8) is 0 Å². The summed E-state index contributed by atoms with van der Waals surface area (Å²) in [6.07, 6.45) is 2.18. The molecule has 0 saturated carbocycles. The first-order chi connectivity index (χ1) is 11.4. The zero-order valence-electron chi connectivity index (χ0n) is 14.2. The van der Waals surface area contributed by atoms with Gasteiger partial charge in [0.05, 0.1) is 5.56 Å². The van der Waals surface area contributed by atoms with Gasteiger partial charge in [0, 0.05) is 31.1 Å². The van der Waals surface area contributed by atoms with Crippen LogP contribution in [0.5, 0.6) is 0 Å². The van der Waals surface area contributed by atoms with Gasteiger partial charge in [-0.2, -0.15) is 0 Å². The molecule has 0 spiro atoms. The van der Waals surface area contributed by atoms with Gasteiger partial charge in [0.15, 0.2) is 0 Å². The molecule has 1 fully saturated rings. The van der Waals surface area contributed by atoms with Crippen molar-refractivity contribution in [3.8, 4) is 0 Å². The first kappa shape index (κ1) is 18.0. The molecule has 0 unspecified atom stereocenters. The summed E-state index contributed by atoms with van der Waals surface area (Å²) in [4.78, 5) is 37.4. The highest BCUT2D eigenvalue weighted by atomic mass is 16.4. The van der Waals surface area contributed by atoms with Crippen LogP contribution in [0.3, 0.4) is 0 Å². The molecule has 2 rings (SSSR count). The number of rotatable bonds is 5. The maximum atomic E-state index is 12.6. The predicted octanol–water partition coefficient (Wildman–Crippen LogP) is 2.07. The van der Waals surface area contributed by atoms with E-state index in [1.807, 2.05) is 6.92 Å². The van der Waals surface area contributed by atoms with Crippen molar-refractivity contribution in [1.29, 1.82) is 0 Å². The highest BCUT2D eigenvalue weighted by molar-refractivity contribution is 5.98. The SMILES string of the molecule is CCCNC(=O)C1CCN(C(=O)c2cc(C)cc(C(=O)O)c2)CC1. The summed E-state index contributed by atoms with van der Waals surface area (Å²) in [5.74, 6) is -1.20. The van der Waals surface area contributed by atoms with Crippen LogP contribution in [0, 0.1) is 12.8 Å². The number of carbonyl (C=O) groups excluding carboxylic acids is 2. The molecule has 0 bridgehead atoms. The molecule has 1 heterocycles. The number of nitrogens with zero attached hydrogens (tertiary/aromatic N) is 1. The largest absolute Gasteiger partial charge is 0.478 e. The Balaban J connectivity index is 2.00. The lowest BCUT2D eigenvalue weighted by Gasteiger charge is -2.31. The quantitative estimate of drug-likeness (QED) is 0.864. The minimum Gasteiger partial charge on any atom is -0.478 e. The van der Waals surface area contributed by atoms with Crippen molar-refractivity contribution < 1.29 is 19.5 Å². The van der Waals surface area contributed by atoms with E-state index in [-0.39, 0.29) is 23.3 Å². The topological polar surface area (TPSA) is 86.7 Å². The number of carbonyl (C=O) groups is 3. The lowest BCUT2D eigenvalue weighted by molar-refractivity contribution is -0.126. The zero-order valence-corrected chi connectivity index (χ0v) is 14.2. The number of carboxylic acid groups (broad SMARTS) is 1. The van der Waals surface area contributed by atoms with E-state index in [2.05, 4.69) is 5.32 Å². The van der Waals surface area contributed by atoms with Crippen LogP contribution in [-0.4, -0.2) is 47.4 Å². The van der Waals surface area contributed by atoms with Crippen LogP contribution in [0.1, 0.15) is 52.5 Å². The summed E-state index contributed by atoms with van der Waals surface area (Å²) >= 11 is 0. The first-order valence-corrected chi connectivity index (χ1v) is 8.34. The maximum absolute atomic E-state index is 12.6. The van der Waals surface area contributed by atoms with E-state index >= 15 is 0 Å². The standard InChI is InChI=1S/C18H24N2O4/c1-3-6-19-16(21)13-4-7-20(8-5-13)17(22)14-9-12(2)10-15(11-14)18(23)24/h9-11,13H,3-8H2,1-2H3,(H,19,21)(H,23,24). The minimum absolute atomic E-state index is 0.0484. The van der Waals surface area contributed by atoms with Crippen LogP contribution in [0.4, 0.5) is 0 Å². The summed E-state index contributed by atoms with van der Waals surface area (Å²) in [5, 5.41) is 12.0. The van der Waals surface area contributed by atoms with Crippen LogP contribution in [-0.2, 0) is 4.79 Å². The number of nitrogens with one attached hydrogen (secondary N) is 1. The fraction of sp³-hybridized carbons (Fsp3) is 0.500. The van der Waals surface area contributed by atoms with Gasteiger partial charge in [-0.05, 0) is 49.9 Å². The van der Waals surface area contributed by atoms with Gasteiger partial charge >= 0.3 is 5.97 Å². The normalized spacial score (nSPS) is 15.2. The maximum Gasteiger partial charge on any atom is 0.335 e. The number of aryl methyl sites for hydroxylation is 1. The molecular weight excluding hydrogens is 308 g/mol. The van der Waals surface area contributed by atoms with E-state index in [1.54, 1.807) is 24.0 Å². The Morgan fingerprint density at radius 2 is 1.79 bits per heavy atom. The second-order valence-electron chi connectivity index (χ2n) is 6.25. The van der Waals surface area contributed by atoms with Crippen LogP contribution in [0.2, 0.25) is 0 Å². The van der Waals surface area contributed by atoms with E-state index in [0.717, 1.165) is 12.0 Å². The Morgan fingerprint density at radius 3 is 2.38 bits per heavy atom. The average molecular weight is 332 g/mol. The van der Waals surface area contributed by atoms with Gasteiger partial charge < -0.3 is 15.3 Å². The average Bonchev–Trinajstić information content (AvgIpc) is 2.58. The van der Waals surface area contributed by atoms with Crippen LogP contribution < -0.4 is 5.32 Å². The lowest BCUT2D eigenvalue weighted by Crippen LogP contribution is -2.43. The summed E-state index contributed by atoms with van der Waals surface area (Å²) in [6.45, 7) is 5.49. The molecule has 6 nitrogen and oxygen atoms in total. The van der Waals surface area contributed by atoms with Crippen LogP contribution in [0.15, 0.2) is 18.2 Å². The van der Waals surface area contributed by atoms with E-state index in [0.29, 0.717) is 38.0 Å². The Bertz CT molecular complexity index is 634. The molecule has 6 heteroatoms. The molecular formula is C18H24N2O4. The van der Waals surface area contributed by atoms with Gasteiger partial charge in [-0.3, -0.25) is 9.59 Å². The highest BCUT2D eigenvalue weighted by Crippen LogP contribution is 2.20. The number of amides is 2.